The first-order chi connectivity index (χ1) is 14.9. The summed E-state index contributed by atoms with van der Waals surface area (Å²) in [5.41, 5.74) is 3.02. The van der Waals surface area contributed by atoms with Crippen molar-refractivity contribution in [2.24, 2.45) is 0 Å². The van der Waals surface area contributed by atoms with E-state index in [4.69, 9.17) is 0 Å². The Bertz CT molecular complexity index is 1080. The second kappa shape index (κ2) is 7.22. The molecular formula is C25H27N3O3. The van der Waals surface area contributed by atoms with Crippen LogP contribution in [0.2, 0.25) is 0 Å². The Labute approximate surface area is 182 Å². The van der Waals surface area contributed by atoms with Crippen LogP contribution in [0.4, 0.5) is 5.69 Å². The highest BCUT2D eigenvalue weighted by molar-refractivity contribution is 6.10. The maximum atomic E-state index is 13.3. The minimum atomic E-state index is -0.721. The lowest BCUT2D eigenvalue weighted by molar-refractivity contribution is -0.132. The van der Waals surface area contributed by atoms with Crippen molar-refractivity contribution in [3.63, 3.8) is 0 Å². The zero-order valence-corrected chi connectivity index (χ0v) is 18.0. The van der Waals surface area contributed by atoms with Crippen LogP contribution in [-0.2, 0) is 16.0 Å². The molecule has 1 saturated heterocycles. The molecule has 160 valence electrons. The van der Waals surface area contributed by atoms with Gasteiger partial charge in [-0.05, 0) is 49.4 Å². The third-order valence-electron chi connectivity index (χ3n) is 7.26. The SMILES string of the molecule is CN(C(=O)CCN1C(=O)c2ccccc2N2C(=O)CC[C@]12C)[C@H]1CCc2ccccc21. The maximum absolute atomic E-state index is 13.3. The van der Waals surface area contributed by atoms with Crippen LogP contribution in [-0.4, -0.2) is 46.8 Å². The van der Waals surface area contributed by atoms with Gasteiger partial charge in [-0.1, -0.05) is 36.4 Å². The second-order valence-electron chi connectivity index (χ2n) is 8.93. The minimum absolute atomic E-state index is 0.0211. The highest BCUT2D eigenvalue weighted by Crippen LogP contribution is 2.44. The van der Waals surface area contributed by atoms with Crippen LogP contribution >= 0.6 is 0 Å². The molecule has 0 radical (unpaired) electrons. The highest BCUT2D eigenvalue weighted by Gasteiger charge is 2.52. The van der Waals surface area contributed by atoms with E-state index in [0.29, 0.717) is 30.6 Å². The van der Waals surface area contributed by atoms with E-state index in [0.717, 1.165) is 12.8 Å². The van der Waals surface area contributed by atoms with Crippen LogP contribution in [0, 0.1) is 0 Å². The number of anilines is 1. The van der Waals surface area contributed by atoms with Gasteiger partial charge in [-0.2, -0.15) is 0 Å². The fraction of sp³-hybridized carbons (Fsp3) is 0.400. The van der Waals surface area contributed by atoms with Crippen LogP contribution in [0.1, 0.15) is 60.1 Å². The van der Waals surface area contributed by atoms with Gasteiger partial charge in [-0.25, -0.2) is 0 Å². The molecule has 1 aliphatic carbocycles. The van der Waals surface area contributed by atoms with Crippen molar-refractivity contribution in [2.45, 2.75) is 50.7 Å². The van der Waals surface area contributed by atoms with Gasteiger partial charge < -0.3 is 9.80 Å². The largest absolute Gasteiger partial charge is 0.339 e. The molecule has 2 heterocycles. The van der Waals surface area contributed by atoms with Gasteiger partial charge in [-0.15, -0.1) is 0 Å². The van der Waals surface area contributed by atoms with Crippen molar-refractivity contribution in [2.75, 3.05) is 18.5 Å². The number of fused-ring (bicyclic) bond motifs is 4. The molecule has 31 heavy (non-hydrogen) atoms. The number of carbonyl (C=O) groups excluding carboxylic acids is 3. The number of para-hydroxylation sites is 1. The van der Waals surface area contributed by atoms with Crippen LogP contribution in [0.5, 0.6) is 0 Å². The molecule has 0 unspecified atom stereocenters. The quantitative estimate of drug-likeness (QED) is 0.765. The van der Waals surface area contributed by atoms with Gasteiger partial charge in [0.25, 0.3) is 5.91 Å². The molecule has 3 amide bonds. The van der Waals surface area contributed by atoms with Crippen molar-refractivity contribution < 1.29 is 14.4 Å². The average Bonchev–Trinajstić information content (AvgIpc) is 3.34. The number of amides is 3. The number of hydrogen-bond acceptors (Lipinski definition) is 3. The molecule has 1 fully saturated rings. The van der Waals surface area contributed by atoms with Crippen molar-refractivity contribution in [1.82, 2.24) is 9.80 Å². The Morgan fingerprint density at radius 2 is 1.84 bits per heavy atom. The van der Waals surface area contributed by atoms with Gasteiger partial charge in [-0.3, -0.25) is 19.3 Å². The summed E-state index contributed by atoms with van der Waals surface area (Å²) in [7, 11) is 1.86. The Morgan fingerprint density at radius 3 is 2.68 bits per heavy atom. The van der Waals surface area contributed by atoms with Gasteiger partial charge in [0, 0.05) is 26.4 Å². The molecule has 2 atom stereocenters. The summed E-state index contributed by atoms with van der Waals surface area (Å²) in [6, 6.07) is 15.6. The fourth-order valence-corrected chi connectivity index (χ4v) is 5.54. The molecule has 3 aliphatic rings. The van der Waals surface area contributed by atoms with E-state index < -0.39 is 5.66 Å². The lowest BCUT2D eigenvalue weighted by Gasteiger charge is -2.48. The number of carbonyl (C=O) groups is 3. The smallest absolute Gasteiger partial charge is 0.257 e. The molecule has 0 aromatic heterocycles. The number of nitrogens with zero attached hydrogens (tertiary/aromatic N) is 3. The Kier molecular flexibility index (Phi) is 4.61. The van der Waals surface area contributed by atoms with Crippen LogP contribution < -0.4 is 4.90 Å². The standard InChI is InChI=1S/C25H27N3O3/c1-25-15-13-23(30)28(25)21-10-6-5-9-19(21)24(31)27(25)16-14-22(29)26(2)20-12-11-17-7-3-4-8-18(17)20/h3-10,20H,11-16H2,1-2H3/t20-,25+/m0/s1. The first-order valence-electron chi connectivity index (χ1n) is 11.0. The van der Waals surface area contributed by atoms with Gasteiger partial charge >= 0.3 is 0 Å². The van der Waals surface area contributed by atoms with E-state index in [9.17, 15) is 14.4 Å². The average molecular weight is 418 g/mol. The number of hydrogen-bond donors (Lipinski definition) is 0. The molecule has 0 bridgehead atoms. The molecule has 2 aromatic carbocycles. The predicted octanol–water partition coefficient (Wildman–Crippen LogP) is 3.52. The lowest BCUT2D eigenvalue weighted by atomic mass is 9.98. The molecule has 6 nitrogen and oxygen atoms in total. The maximum Gasteiger partial charge on any atom is 0.257 e. The molecule has 2 aliphatic heterocycles. The molecule has 0 spiro atoms. The summed E-state index contributed by atoms with van der Waals surface area (Å²) in [6.45, 7) is 2.23. The first kappa shape index (κ1) is 19.8. The normalized spacial score (nSPS) is 24.1. The van der Waals surface area contributed by atoms with E-state index >= 15 is 0 Å². The third-order valence-corrected chi connectivity index (χ3v) is 7.26. The van der Waals surface area contributed by atoms with Crippen molar-refractivity contribution >= 4 is 23.4 Å². The first-order valence-corrected chi connectivity index (χ1v) is 11.0. The topological polar surface area (TPSA) is 60.9 Å². The summed E-state index contributed by atoms with van der Waals surface area (Å²) >= 11 is 0. The summed E-state index contributed by atoms with van der Waals surface area (Å²) in [4.78, 5) is 44.4. The molecule has 6 heteroatoms. The van der Waals surface area contributed by atoms with Crippen LogP contribution in [0.15, 0.2) is 48.5 Å². The summed E-state index contributed by atoms with van der Waals surface area (Å²) < 4.78 is 0. The van der Waals surface area contributed by atoms with Gasteiger partial charge in [0.1, 0.15) is 5.66 Å². The predicted molar refractivity (Wildman–Crippen MR) is 117 cm³/mol. The zero-order valence-electron chi connectivity index (χ0n) is 18.0. The van der Waals surface area contributed by atoms with E-state index in [-0.39, 0.29) is 30.2 Å². The monoisotopic (exact) mass is 417 g/mol. The van der Waals surface area contributed by atoms with E-state index in [1.807, 2.05) is 49.2 Å². The minimum Gasteiger partial charge on any atom is -0.339 e. The lowest BCUT2D eigenvalue weighted by Crippen LogP contribution is -2.62. The van der Waals surface area contributed by atoms with Crippen LogP contribution in [0.25, 0.3) is 0 Å². The Balaban J connectivity index is 1.36. The van der Waals surface area contributed by atoms with E-state index in [2.05, 4.69) is 12.1 Å². The molecule has 0 saturated carbocycles. The molecule has 0 N–H and O–H groups in total. The number of rotatable bonds is 4. The second-order valence-corrected chi connectivity index (χ2v) is 8.93. The Morgan fingerprint density at radius 1 is 1.10 bits per heavy atom. The van der Waals surface area contributed by atoms with Gasteiger partial charge in [0.15, 0.2) is 0 Å². The van der Waals surface area contributed by atoms with E-state index in [1.165, 1.54) is 11.1 Å². The Hall–Kier alpha value is -3.15. The van der Waals surface area contributed by atoms with Crippen LogP contribution in [0.3, 0.4) is 0 Å². The van der Waals surface area contributed by atoms with Crippen molar-refractivity contribution in [3.8, 4) is 0 Å². The zero-order chi connectivity index (χ0) is 21.8. The number of aryl methyl sites for hydroxylation is 1. The third kappa shape index (κ3) is 2.96. The fourth-order valence-electron chi connectivity index (χ4n) is 5.54. The molecular weight excluding hydrogens is 390 g/mol. The highest BCUT2D eigenvalue weighted by atomic mass is 16.2. The van der Waals surface area contributed by atoms with Crippen molar-refractivity contribution in [3.05, 3.63) is 65.2 Å². The summed E-state index contributed by atoms with van der Waals surface area (Å²) in [5, 5.41) is 0. The van der Waals surface area contributed by atoms with E-state index in [1.54, 1.807) is 15.9 Å². The number of benzene rings is 2. The van der Waals surface area contributed by atoms with Crippen molar-refractivity contribution in [1.29, 1.82) is 0 Å². The summed E-state index contributed by atoms with van der Waals surface area (Å²) in [5.74, 6) is -0.0583. The van der Waals surface area contributed by atoms with Gasteiger partial charge in [0.2, 0.25) is 11.8 Å². The van der Waals surface area contributed by atoms with Gasteiger partial charge in [0.05, 0.1) is 17.3 Å². The molecule has 5 rings (SSSR count). The molecule has 2 aromatic rings. The summed E-state index contributed by atoms with van der Waals surface area (Å²) in [6.07, 6.45) is 3.13.